The van der Waals surface area contributed by atoms with Crippen molar-refractivity contribution >= 4 is 23.2 Å². The van der Waals surface area contributed by atoms with Crippen molar-refractivity contribution < 1.29 is 9.47 Å². The molecule has 1 aromatic carbocycles. The van der Waals surface area contributed by atoms with Crippen molar-refractivity contribution in [3.8, 4) is 0 Å². The first kappa shape index (κ1) is 12.2. The zero-order chi connectivity index (χ0) is 11.6. The number of hydrogen-bond donors (Lipinski definition) is 0. The first-order chi connectivity index (χ1) is 7.67. The maximum Gasteiger partial charge on any atom is 0.205 e. The van der Waals surface area contributed by atoms with Crippen LogP contribution in [0.15, 0.2) is 30.3 Å². The highest BCUT2D eigenvalue weighted by Crippen LogP contribution is 2.41. The summed E-state index contributed by atoms with van der Waals surface area (Å²) in [7, 11) is 0. The van der Waals surface area contributed by atoms with Gasteiger partial charge in [-0.3, -0.25) is 0 Å². The molecule has 1 unspecified atom stereocenters. The minimum absolute atomic E-state index is 0.00352. The second kappa shape index (κ2) is 4.92. The molecule has 1 fully saturated rings. The van der Waals surface area contributed by atoms with E-state index >= 15 is 0 Å². The van der Waals surface area contributed by atoms with Gasteiger partial charge in [0.2, 0.25) is 5.79 Å². The van der Waals surface area contributed by atoms with E-state index in [0.717, 1.165) is 5.56 Å². The van der Waals surface area contributed by atoms with Gasteiger partial charge >= 0.3 is 0 Å². The summed E-state index contributed by atoms with van der Waals surface area (Å²) in [5.74, 6) is -0.916. The topological polar surface area (TPSA) is 18.5 Å². The second-order valence-corrected chi connectivity index (χ2v) is 4.95. The Morgan fingerprint density at radius 1 is 1.12 bits per heavy atom. The Kier molecular flexibility index (Phi) is 3.75. The van der Waals surface area contributed by atoms with Gasteiger partial charge in [0.15, 0.2) is 4.84 Å². The van der Waals surface area contributed by atoms with E-state index in [1.165, 1.54) is 0 Å². The van der Waals surface area contributed by atoms with Crippen LogP contribution in [-0.4, -0.2) is 23.8 Å². The smallest absolute Gasteiger partial charge is 0.205 e. The van der Waals surface area contributed by atoms with Gasteiger partial charge in [-0.05, 0) is 5.56 Å². The number of hydrogen-bond acceptors (Lipinski definition) is 2. The van der Waals surface area contributed by atoms with Gasteiger partial charge in [0, 0.05) is 5.92 Å². The molecule has 0 bridgehead atoms. The lowest BCUT2D eigenvalue weighted by Crippen LogP contribution is -2.42. The third-order valence-electron chi connectivity index (χ3n) is 2.95. The Hall–Kier alpha value is -0.280. The molecule has 88 valence electrons. The molecule has 1 atom stereocenters. The first-order valence-electron chi connectivity index (χ1n) is 5.28. The van der Waals surface area contributed by atoms with Crippen LogP contribution in [-0.2, 0) is 9.47 Å². The molecule has 0 radical (unpaired) electrons. The van der Waals surface area contributed by atoms with Crippen molar-refractivity contribution in [2.45, 2.75) is 23.5 Å². The van der Waals surface area contributed by atoms with Gasteiger partial charge in [0.25, 0.3) is 0 Å². The van der Waals surface area contributed by atoms with E-state index in [4.69, 9.17) is 32.7 Å². The van der Waals surface area contributed by atoms with Crippen molar-refractivity contribution in [1.29, 1.82) is 0 Å². The summed E-state index contributed by atoms with van der Waals surface area (Å²) in [6.45, 7) is 3.08. The molecule has 1 heterocycles. The summed E-state index contributed by atoms with van der Waals surface area (Å²) in [5.41, 5.74) is 1.11. The van der Waals surface area contributed by atoms with Gasteiger partial charge in [-0.1, -0.05) is 60.5 Å². The second-order valence-electron chi connectivity index (χ2n) is 3.85. The molecule has 16 heavy (non-hydrogen) atoms. The first-order valence-corrected chi connectivity index (χ1v) is 6.15. The van der Waals surface area contributed by atoms with Crippen LogP contribution in [0.5, 0.6) is 0 Å². The van der Waals surface area contributed by atoms with Crippen molar-refractivity contribution in [2.24, 2.45) is 0 Å². The summed E-state index contributed by atoms with van der Waals surface area (Å²) < 4.78 is 11.3. The van der Waals surface area contributed by atoms with E-state index in [0.29, 0.717) is 13.2 Å². The summed E-state index contributed by atoms with van der Waals surface area (Å²) in [6, 6.07) is 9.97. The highest BCUT2D eigenvalue weighted by atomic mass is 35.5. The van der Waals surface area contributed by atoms with E-state index in [-0.39, 0.29) is 5.92 Å². The molecule has 0 aromatic heterocycles. The fraction of sp³-hybridized carbons (Fsp3) is 0.500. The van der Waals surface area contributed by atoms with Gasteiger partial charge in [0.1, 0.15) is 0 Å². The minimum Gasteiger partial charge on any atom is -0.344 e. The number of halogens is 2. The van der Waals surface area contributed by atoms with Crippen molar-refractivity contribution in [2.75, 3.05) is 13.2 Å². The quantitative estimate of drug-likeness (QED) is 0.777. The van der Waals surface area contributed by atoms with Crippen molar-refractivity contribution in [1.82, 2.24) is 0 Å². The van der Waals surface area contributed by atoms with E-state index in [1.54, 1.807) is 0 Å². The summed E-state index contributed by atoms with van der Waals surface area (Å²) in [4.78, 5) is -0.704. The fourth-order valence-corrected chi connectivity index (χ4v) is 2.61. The molecule has 0 amide bonds. The molecule has 1 aliphatic rings. The number of ether oxygens (including phenoxy) is 2. The zero-order valence-corrected chi connectivity index (χ0v) is 10.5. The number of benzene rings is 1. The third-order valence-corrected chi connectivity index (χ3v) is 3.55. The maximum atomic E-state index is 6.00. The molecule has 2 nitrogen and oxygen atoms in total. The Morgan fingerprint density at radius 2 is 1.69 bits per heavy atom. The molecule has 1 saturated heterocycles. The van der Waals surface area contributed by atoms with Crippen LogP contribution in [0.1, 0.15) is 18.4 Å². The average Bonchev–Trinajstić information content (AvgIpc) is 2.79. The van der Waals surface area contributed by atoms with Crippen LogP contribution in [0.4, 0.5) is 0 Å². The van der Waals surface area contributed by atoms with Crippen LogP contribution in [0.2, 0.25) is 0 Å². The third kappa shape index (κ3) is 2.07. The lowest BCUT2D eigenvalue weighted by Gasteiger charge is -2.34. The van der Waals surface area contributed by atoms with Crippen molar-refractivity contribution in [3.63, 3.8) is 0 Å². The van der Waals surface area contributed by atoms with E-state index in [1.807, 2.05) is 37.3 Å². The zero-order valence-electron chi connectivity index (χ0n) is 9.03. The van der Waals surface area contributed by atoms with Crippen LogP contribution < -0.4 is 0 Å². The molecule has 0 aliphatic carbocycles. The average molecular weight is 261 g/mol. The SMILES string of the molecule is CC(c1ccccc1)C1(C(Cl)Cl)OCCO1. The van der Waals surface area contributed by atoms with Crippen LogP contribution >= 0.6 is 23.2 Å². The molecule has 1 aliphatic heterocycles. The molecule has 1 aromatic rings. The molecular formula is C12H14Cl2O2. The molecule has 0 saturated carbocycles. The van der Waals surface area contributed by atoms with Gasteiger partial charge in [0.05, 0.1) is 13.2 Å². The molecule has 0 spiro atoms. The Labute approximate surface area is 105 Å². The lowest BCUT2D eigenvalue weighted by atomic mass is 9.93. The Bertz CT molecular complexity index is 334. The normalized spacial score (nSPS) is 21.2. The monoisotopic (exact) mass is 260 g/mol. The lowest BCUT2D eigenvalue weighted by molar-refractivity contribution is -0.161. The van der Waals surface area contributed by atoms with E-state index in [9.17, 15) is 0 Å². The highest BCUT2D eigenvalue weighted by Gasteiger charge is 2.48. The summed E-state index contributed by atoms with van der Waals surface area (Å²) in [6.07, 6.45) is 0. The highest BCUT2D eigenvalue weighted by molar-refractivity contribution is 6.45. The minimum atomic E-state index is -0.912. The molecule has 2 rings (SSSR count). The van der Waals surface area contributed by atoms with Gasteiger partial charge in [-0.2, -0.15) is 0 Å². The van der Waals surface area contributed by atoms with Crippen LogP contribution in [0, 0.1) is 0 Å². The predicted molar refractivity (Wildman–Crippen MR) is 65.0 cm³/mol. The number of alkyl halides is 2. The van der Waals surface area contributed by atoms with Crippen LogP contribution in [0.3, 0.4) is 0 Å². The van der Waals surface area contributed by atoms with E-state index < -0.39 is 10.6 Å². The predicted octanol–water partition coefficient (Wildman–Crippen LogP) is 3.34. The Morgan fingerprint density at radius 3 is 2.19 bits per heavy atom. The van der Waals surface area contributed by atoms with Gasteiger partial charge in [-0.15, -0.1) is 0 Å². The van der Waals surface area contributed by atoms with Gasteiger partial charge in [-0.25, -0.2) is 0 Å². The summed E-state index contributed by atoms with van der Waals surface area (Å²) in [5, 5.41) is 0. The number of rotatable bonds is 3. The molecular weight excluding hydrogens is 247 g/mol. The van der Waals surface area contributed by atoms with Gasteiger partial charge < -0.3 is 9.47 Å². The summed E-state index contributed by atoms with van der Waals surface area (Å²) >= 11 is 12.0. The largest absolute Gasteiger partial charge is 0.344 e. The van der Waals surface area contributed by atoms with Crippen molar-refractivity contribution in [3.05, 3.63) is 35.9 Å². The maximum absolute atomic E-state index is 6.00. The Balaban J connectivity index is 2.28. The standard InChI is InChI=1S/C12H14Cl2O2/c1-9(10-5-3-2-4-6-10)12(11(13)14)15-7-8-16-12/h2-6,9,11H,7-8H2,1H3. The molecule has 0 N–H and O–H groups in total. The molecule has 4 heteroatoms. The van der Waals surface area contributed by atoms with Crippen LogP contribution in [0.25, 0.3) is 0 Å². The fourth-order valence-electron chi connectivity index (χ4n) is 1.98. The van der Waals surface area contributed by atoms with E-state index in [2.05, 4.69) is 0 Å².